The molecule has 2 amide bonds. The molecular weight excluding hydrogens is 428 g/mol. The topological polar surface area (TPSA) is 85.9 Å². The molecule has 0 spiro atoms. The van der Waals surface area contributed by atoms with Crippen molar-refractivity contribution in [3.8, 4) is 11.5 Å². The van der Waals surface area contributed by atoms with E-state index in [1.807, 2.05) is 0 Å². The first-order valence-electron chi connectivity index (χ1n) is 8.41. The second-order valence-corrected chi connectivity index (χ2v) is 6.43. The average Bonchev–Trinajstić information content (AvgIpc) is 2.71. The molecule has 0 heterocycles. The summed E-state index contributed by atoms with van der Waals surface area (Å²) in [5.41, 5.74) is 5.42. The van der Waals surface area contributed by atoms with Gasteiger partial charge in [0.05, 0.1) is 12.2 Å². The second-order valence-electron chi connectivity index (χ2n) is 5.51. The van der Waals surface area contributed by atoms with Gasteiger partial charge in [0.25, 0.3) is 11.8 Å². The van der Waals surface area contributed by atoms with Crippen LogP contribution < -0.4 is 20.3 Å². The van der Waals surface area contributed by atoms with Crippen LogP contribution in [-0.4, -0.2) is 38.7 Å². The smallest absolute Gasteiger partial charge is 0.273 e. The van der Waals surface area contributed by atoms with E-state index in [0.29, 0.717) is 41.4 Å². The van der Waals surface area contributed by atoms with E-state index in [1.54, 1.807) is 55.7 Å². The first-order chi connectivity index (χ1) is 13.5. The molecule has 2 aromatic carbocycles. The molecule has 2 N–H and O–H groups in total. The Bertz CT molecular complexity index is 824. The van der Waals surface area contributed by atoms with Crippen LogP contribution in [0.3, 0.4) is 0 Å². The Kier molecular flexibility index (Phi) is 8.51. The normalized spacial score (nSPS) is 10.1. The Balaban J connectivity index is 1.98. The summed E-state index contributed by atoms with van der Waals surface area (Å²) in [6.07, 6.45) is 1.63. The highest BCUT2D eigenvalue weighted by Crippen LogP contribution is 2.23. The zero-order chi connectivity index (χ0) is 20.4. The fourth-order valence-electron chi connectivity index (χ4n) is 2.15. The van der Waals surface area contributed by atoms with Crippen LogP contribution in [0.1, 0.15) is 20.7 Å². The zero-order valence-corrected chi connectivity index (χ0v) is 17.0. The summed E-state index contributed by atoms with van der Waals surface area (Å²) in [6, 6.07) is 11.5. The third-order valence-electron chi connectivity index (χ3n) is 3.51. The molecule has 0 bridgehead atoms. The minimum atomic E-state index is -0.506. The molecule has 0 aliphatic carbocycles. The lowest BCUT2D eigenvalue weighted by Crippen LogP contribution is -2.41. The highest BCUT2D eigenvalue weighted by Gasteiger charge is 2.15. The molecule has 0 saturated heterocycles. The number of rotatable bonds is 9. The summed E-state index contributed by atoms with van der Waals surface area (Å²) in [5, 5.41) is 0. The third kappa shape index (κ3) is 6.40. The minimum Gasteiger partial charge on any atom is -0.490 e. The van der Waals surface area contributed by atoms with Crippen LogP contribution in [0.4, 0.5) is 0 Å². The first kappa shape index (κ1) is 21.5. The molecule has 7 nitrogen and oxygen atoms in total. The Labute approximate surface area is 171 Å². The summed E-state index contributed by atoms with van der Waals surface area (Å²) in [4.78, 5) is 24.7. The molecule has 148 valence electrons. The average molecular weight is 449 g/mol. The van der Waals surface area contributed by atoms with Crippen LogP contribution in [0.25, 0.3) is 0 Å². The maximum atomic E-state index is 12.5. The van der Waals surface area contributed by atoms with E-state index in [9.17, 15) is 9.59 Å². The Morgan fingerprint density at radius 1 is 1.04 bits per heavy atom. The van der Waals surface area contributed by atoms with E-state index < -0.39 is 11.8 Å². The van der Waals surface area contributed by atoms with Crippen molar-refractivity contribution in [1.29, 1.82) is 0 Å². The highest BCUT2D eigenvalue weighted by molar-refractivity contribution is 9.10. The fourth-order valence-corrected chi connectivity index (χ4v) is 2.51. The van der Waals surface area contributed by atoms with E-state index in [1.165, 1.54) is 0 Å². The predicted molar refractivity (Wildman–Crippen MR) is 109 cm³/mol. The second kappa shape index (κ2) is 11.1. The van der Waals surface area contributed by atoms with Gasteiger partial charge in [0.15, 0.2) is 0 Å². The van der Waals surface area contributed by atoms with Crippen molar-refractivity contribution in [2.75, 3.05) is 26.9 Å². The molecule has 2 rings (SSSR count). The van der Waals surface area contributed by atoms with Gasteiger partial charge < -0.3 is 14.2 Å². The number of halogens is 1. The quantitative estimate of drug-likeness (QED) is 0.349. The standard InChI is InChI=1S/C20H21BrN2O5/c1-3-10-27-16-7-4-14(5-8-16)19(24)22-23-20(25)17-13-15(21)6-9-18(17)28-12-11-26-2/h3-9,13H,1,10-12H2,2H3,(H,22,24)(H,23,25). The number of hydrogen-bond donors (Lipinski definition) is 2. The maximum absolute atomic E-state index is 12.5. The Morgan fingerprint density at radius 3 is 2.43 bits per heavy atom. The Morgan fingerprint density at radius 2 is 1.75 bits per heavy atom. The van der Waals surface area contributed by atoms with Crippen molar-refractivity contribution in [3.05, 3.63) is 70.7 Å². The molecule has 0 saturated carbocycles. The third-order valence-corrected chi connectivity index (χ3v) is 4.00. The van der Waals surface area contributed by atoms with Crippen LogP contribution in [0.15, 0.2) is 59.6 Å². The van der Waals surface area contributed by atoms with Gasteiger partial charge in [-0.15, -0.1) is 0 Å². The van der Waals surface area contributed by atoms with Gasteiger partial charge in [-0.3, -0.25) is 20.4 Å². The van der Waals surface area contributed by atoms with E-state index in [0.717, 1.165) is 0 Å². The number of hydrazine groups is 1. The number of ether oxygens (including phenoxy) is 3. The van der Waals surface area contributed by atoms with Crippen molar-refractivity contribution in [3.63, 3.8) is 0 Å². The first-order valence-corrected chi connectivity index (χ1v) is 9.20. The molecule has 0 atom stereocenters. The number of carbonyl (C=O) groups excluding carboxylic acids is 2. The molecule has 0 aromatic heterocycles. The number of methoxy groups -OCH3 is 1. The van der Waals surface area contributed by atoms with Crippen molar-refractivity contribution >= 4 is 27.7 Å². The van der Waals surface area contributed by atoms with Crippen molar-refractivity contribution in [1.82, 2.24) is 10.9 Å². The van der Waals surface area contributed by atoms with E-state index >= 15 is 0 Å². The summed E-state index contributed by atoms with van der Waals surface area (Å²) in [7, 11) is 1.56. The molecular formula is C20H21BrN2O5. The van der Waals surface area contributed by atoms with Gasteiger partial charge >= 0.3 is 0 Å². The zero-order valence-electron chi connectivity index (χ0n) is 15.4. The van der Waals surface area contributed by atoms with Crippen LogP contribution in [0.5, 0.6) is 11.5 Å². The summed E-state index contributed by atoms with van der Waals surface area (Å²) < 4.78 is 16.6. The maximum Gasteiger partial charge on any atom is 0.273 e. The Hall–Kier alpha value is -2.84. The molecule has 0 unspecified atom stereocenters. The largest absolute Gasteiger partial charge is 0.490 e. The van der Waals surface area contributed by atoms with E-state index in [-0.39, 0.29) is 5.56 Å². The lowest BCUT2D eigenvalue weighted by Gasteiger charge is -2.13. The van der Waals surface area contributed by atoms with Gasteiger partial charge in [-0.2, -0.15) is 0 Å². The van der Waals surface area contributed by atoms with E-state index in [4.69, 9.17) is 14.2 Å². The number of amides is 2. The molecule has 8 heteroatoms. The molecule has 0 aliphatic heterocycles. The van der Waals surface area contributed by atoms with Crippen molar-refractivity contribution in [2.24, 2.45) is 0 Å². The molecule has 2 aromatic rings. The van der Waals surface area contributed by atoms with Gasteiger partial charge in [0.1, 0.15) is 24.7 Å². The van der Waals surface area contributed by atoms with E-state index in [2.05, 4.69) is 33.4 Å². The van der Waals surface area contributed by atoms with Crippen LogP contribution >= 0.6 is 15.9 Å². The van der Waals surface area contributed by atoms with Gasteiger partial charge in [0.2, 0.25) is 0 Å². The van der Waals surface area contributed by atoms with Crippen LogP contribution in [-0.2, 0) is 4.74 Å². The number of nitrogens with one attached hydrogen (secondary N) is 2. The van der Waals surface area contributed by atoms with Gasteiger partial charge in [-0.1, -0.05) is 28.6 Å². The van der Waals surface area contributed by atoms with Crippen molar-refractivity contribution < 1.29 is 23.8 Å². The van der Waals surface area contributed by atoms with Gasteiger partial charge in [-0.05, 0) is 42.5 Å². The monoisotopic (exact) mass is 448 g/mol. The molecule has 0 aliphatic rings. The highest BCUT2D eigenvalue weighted by atomic mass is 79.9. The van der Waals surface area contributed by atoms with Crippen LogP contribution in [0.2, 0.25) is 0 Å². The predicted octanol–water partition coefficient (Wildman–Crippen LogP) is 3.11. The summed E-state index contributed by atoms with van der Waals surface area (Å²) in [5.74, 6) is 0.0386. The van der Waals surface area contributed by atoms with Crippen LogP contribution in [0, 0.1) is 0 Å². The SMILES string of the molecule is C=CCOc1ccc(C(=O)NNC(=O)c2cc(Br)ccc2OCCOC)cc1. The lowest BCUT2D eigenvalue weighted by molar-refractivity contribution is 0.0842. The lowest BCUT2D eigenvalue weighted by atomic mass is 10.2. The number of benzene rings is 2. The molecule has 0 fully saturated rings. The van der Waals surface area contributed by atoms with Gasteiger partial charge in [0, 0.05) is 17.1 Å². The van der Waals surface area contributed by atoms with Crippen molar-refractivity contribution in [2.45, 2.75) is 0 Å². The van der Waals surface area contributed by atoms with Gasteiger partial charge in [-0.25, -0.2) is 0 Å². The summed E-state index contributed by atoms with van der Waals surface area (Å²) in [6.45, 7) is 4.64. The summed E-state index contributed by atoms with van der Waals surface area (Å²) >= 11 is 3.32. The molecule has 28 heavy (non-hydrogen) atoms. The minimum absolute atomic E-state index is 0.277. The fraction of sp³-hybridized carbons (Fsp3) is 0.200. The number of hydrogen-bond acceptors (Lipinski definition) is 5. The number of carbonyl (C=O) groups is 2. The molecule has 0 radical (unpaired) electrons.